The highest BCUT2D eigenvalue weighted by Crippen LogP contribution is 2.18. The van der Waals surface area contributed by atoms with Crippen molar-refractivity contribution in [2.75, 3.05) is 31.6 Å². The molecule has 8 heteroatoms. The molecular formula is C19H29IN6S. The van der Waals surface area contributed by atoms with Gasteiger partial charge in [-0.3, -0.25) is 4.99 Å². The van der Waals surface area contributed by atoms with Crippen LogP contribution in [-0.2, 0) is 13.0 Å². The summed E-state index contributed by atoms with van der Waals surface area (Å²) < 4.78 is 0. The predicted octanol–water partition coefficient (Wildman–Crippen LogP) is 3.36. The molecule has 1 saturated heterocycles. The molecule has 0 saturated carbocycles. The zero-order valence-corrected chi connectivity index (χ0v) is 19.2. The largest absolute Gasteiger partial charge is 0.357 e. The van der Waals surface area contributed by atoms with Crippen molar-refractivity contribution in [1.29, 1.82) is 0 Å². The molecule has 2 aromatic rings. The summed E-state index contributed by atoms with van der Waals surface area (Å²) in [6.07, 6.45) is 6.67. The summed E-state index contributed by atoms with van der Waals surface area (Å²) in [6, 6.07) is 4.25. The second kappa shape index (κ2) is 11.4. The monoisotopic (exact) mass is 500 g/mol. The molecule has 0 radical (unpaired) electrons. The lowest BCUT2D eigenvalue weighted by molar-refractivity contribution is 0.573. The zero-order valence-electron chi connectivity index (χ0n) is 16.1. The first kappa shape index (κ1) is 21.9. The van der Waals surface area contributed by atoms with Gasteiger partial charge in [0.25, 0.3) is 0 Å². The molecule has 27 heavy (non-hydrogen) atoms. The third kappa shape index (κ3) is 6.91. The average molecular weight is 500 g/mol. The van der Waals surface area contributed by atoms with Gasteiger partial charge in [0, 0.05) is 51.2 Å². The second-order valence-electron chi connectivity index (χ2n) is 6.53. The highest BCUT2D eigenvalue weighted by molar-refractivity contribution is 14.0. The number of halogens is 1. The zero-order chi connectivity index (χ0) is 18.2. The van der Waals surface area contributed by atoms with Crippen LogP contribution in [0.4, 0.5) is 5.82 Å². The maximum absolute atomic E-state index is 4.54. The normalized spacial score (nSPS) is 14.6. The lowest BCUT2D eigenvalue weighted by Crippen LogP contribution is -2.38. The number of guanidine groups is 1. The van der Waals surface area contributed by atoms with Gasteiger partial charge in [0.05, 0.1) is 10.7 Å². The smallest absolute Gasteiger partial charge is 0.191 e. The Bertz CT molecular complexity index is 726. The van der Waals surface area contributed by atoms with Gasteiger partial charge in [0.15, 0.2) is 5.96 Å². The van der Waals surface area contributed by atoms with E-state index in [4.69, 9.17) is 0 Å². The number of aromatic nitrogens is 2. The molecule has 0 aromatic carbocycles. The number of thiazole rings is 1. The van der Waals surface area contributed by atoms with Gasteiger partial charge < -0.3 is 15.5 Å². The van der Waals surface area contributed by atoms with Gasteiger partial charge in [-0.1, -0.05) is 0 Å². The Hall–Kier alpha value is -1.42. The van der Waals surface area contributed by atoms with Gasteiger partial charge in [0.2, 0.25) is 0 Å². The van der Waals surface area contributed by atoms with Crippen LogP contribution >= 0.6 is 35.3 Å². The van der Waals surface area contributed by atoms with Crippen molar-refractivity contribution in [2.24, 2.45) is 4.99 Å². The molecule has 0 unspecified atom stereocenters. The highest BCUT2D eigenvalue weighted by Gasteiger charge is 2.12. The minimum Gasteiger partial charge on any atom is -0.357 e. The van der Waals surface area contributed by atoms with Crippen molar-refractivity contribution in [3.63, 3.8) is 0 Å². The van der Waals surface area contributed by atoms with E-state index in [9.17, 15) is 0 Å². The molecule has 1 aliphatic heterocycles. The summed E-state index contributed by atoms with van der Waals surface area (Å²) in [5.74, 6) is 1.90. The van der Waals surface area contributed by atoms with E-state index >= 15 is 0 Å². The Morgan fingerprint density at radius 3 is 2.78 bits per heavy atom. The van der Waals surface area contributed by atoms with Crippen LogP contribution in [0.1, 0.15) is 35.5 Å². The SMILES string of the molecule is CN=C(NCCc1csc(C)n1)NCc1ccnc(N2CCCCC2)c1.I. The molecule has 0 amide bonds. The topological polar surface area (TPSA) is 65.4 Å². The number of piperidine rings is 1. The van der Waals surface area contributed by atoms with Gasteiger partial charge in [0.1, 0.15) is 5.82 Å². The van der Waals surface area contributed by atoms with E-state index in [-0.39, 0.29) is 24.0 Å². The molecule has 2 aromatic heterocycles. The van der Waals surface area contributed by atoms with Crippen molar-refractivity contribution >= 4 is 47.1 Å². The first-order valence-electron chi connectivity index (χ1n) is 9.30. The van der Waals surface area contributed by atoms with Crippen molar-refractivity contribution in [2.45, 2.75) is 39.2 Å². The molecule has 3 heterocycles. The van der Waals surface area contributed by atoms with Crippen LogP contribution in [0.3, 0.4) is 0 Å². The van der Waals surface area contributed by atoms with Crippen LogP contribution in [0.5, 0.6) is 0 Å². The van der Waals surface area contributed by atoms with Crippen molar-refractivity contribution in [3.8, 4) is 0 Å². The van der Waals surface area contributed by atoms with Crippen LogP contribution < -0.4 is 15.5 Å². The van der Waals surface area contributed by atoms with Crippen molar-refractivity contribution in [1.82, 2.24) is 20.6 Å². The fourth-order valence-electron chi connectivity index (χ4n) is 3.10. The molecular weight excluding hydrogens is 471 g/mol. The lowest BCUT2D eigenvalue weighted by Gasteiger charge is -2.28. The van der Waals surface area contributed by atoms with E-state index in [1.54, 1.807) is 18.4 Å². The minimum absolute atomic E-state index is 0. The highest BCUT2D eigenvalue weighted by atomic mass is 127. The molecule has 6 nitrogen and oxygen atoms in total. The van der Waals surface area contributed by atoms with Gasteiger partial charge in [-0.15, -0.1) is 35.3 Å². The van der Waals surface area contributed by atoms with Gasteiger partial charge >= 0.3 is 0 Å². The molecule has 3 rings (SSSR count). The molecule has 1 aliphatic rings. The standard InChI is InChI=1S/C19H28N6S.HI/c1-15-24-17(14-26-15)7-9-22-19(20-2)23-13-16-6-8-21-18(12-16)25-10-4-3-5-11-25;/h6,8,12,14H,3-5,7,9-11,13H2,1-2H3,(H2,20,22,23);1H. The van der Waals surface area contributed by atoms with E-state index in [0.29, 0.717) is 0 Å². The van der Waals surface area contributed by atoms with E-state index in [0.717, 1.165) is 55.1 Å². The maximum Gasteiger partial charge on any atom is 0.191 e. The van der Waals surface area contributed by atoms with Crippen LogP contribution in [0.15, 0.2) is 28.7 Å². The number of aryl methyl sites for hydroxylation is 1. The molecule has 2 N–H and O–H groups in total. The van der Waals surface area contributed by atoms with Gasteiger partial charge in [-0.05, 0) is 43.9 Å². The number of anilines is 1. The first-order valence-corrected chi connectivity index (χ1v) is 10.2. The Morgan fingerprint density at radius 2 is 2.07 bits per heavy atom. The Morgan fingerprint density at radius 1 is 1.26 bits per heavy atom. The molecule has 0 atom stereocenters. The lowest BCUT2D eigenvalue weighted by atomic mass is 10.1. The number of pyridine rings is 1. The quantitative estimate of drug-likeness (QED) is 0.362. The molecule has 0 aliphatic carbocycles. The molecule has 1 fully saturated rings. The minimum atomic E-state index is 0. The summed E-state index contributed by atoms with van der Waals surface area (Å²) in [5, 5.41) is 9.97. The Kier molecular flexibility index (Phi) is 9.26. The van der Waals surface area contributed by atoms with Gasteiger partial charge in [-0.25, -0.2) is 9.97 Å². The Balaban J connectivity index is 0.00000261. The first-order chi connectivity index (χ1) is 12.7. The summed E-state index contributed by atoms with van der Waals surface area (Å²) in [6.45, 7) is 5.82. The number of nitrogens with one attached hydrogen (secondary N) is 2. The average Bonchev–Trinajstić information content (AvgIpc) is 3.10. The predicted molar refractivity (Wildman–Crippen MR) is 124 cm³/mol. The maximum atomic E-state index is 4.54. The molecule has 0 spiro atoms. The third-order valence-electron chi connectivity index (χ3n) is 4.51. The second-order valence-corrected chi connectivity index (χ2v) is 7.59. The van der Waals surface area contributed by atoms with E-state index < -0.39 is 0 Å². The number of rotatable bonds is 6. The number of hydrogen-bond acceptors (Lipinski definition) is 5. The Labute approximate surface area is 182 Å². The van der Waals surface area contributed by atoms with Crippen LogP contribution in [0.25, 0.3) is 0 Å². The van der Waals surface area contributed by atoms with Crippen LogP contribution in [0.2, 0.25) is 0 Å². The number of hydrogen-bond donors (Lipinski definition) is 2. The molecule has 0 bridgehead atoms. The van der Waals surface area contributed by atoms with Gasteiger partial charge in [-0.2, -0.15) is 0 Å². The summed E-state index contributed by atoms with van der Waals surface area (Å²) in [7, 11) is 1.80. The third-order valence-corrected chi connectivity index (χ3v) is 5.34. The fraction of sp³-hybridized carbons (Fsp3) is 0.526. The van der Waals surface area contributed by atoms with E-state index in [1.165, 1.54) is 24.8 Å². The van der Waals surface area contributed by atoms with Crippen LogP contribution in [0, 0.1) is 6.92 Å². The van der Waals surface area contributed by atoms with Crippen molar-refractivity contribution in [3.05, 3.63) is 40.0 Å². The molecule has 148 valence electrons. The summed E-state index contributed by atoms with van der Waals surface area (Å²) in [5.41, 5.74) is 2.36. The van der Waals surface area contributed by atoms with E-state index in [1.807, 2.05) is 13.1 Å². The van der Waals surface area contributed by atoms with Crippen LogP contribution in [-0.4, -0.2) is 42.6 Å². The fourth-order valence-corrected chi connectivity index (χ4v) is 3.75. The summed E-state index contributed by atoms with van der Waals surface area (Å²) >= 11 is 1.69. The summed E-state index contributed by atoms with van der Waals surface area (Å²) in [4.78, 5) is 15.7. The van der Waals surface area contributed by atoms with E-state index in [2.05, 4.69) is 48.0 Å². The number of aliphatic imine (C=N–C) groups is 1. The van der Waals surface area contributed by atoms with Crippen molar-refractivity contribution < 1.29 is 0 Å². The number of nitrogens with zero attached hydrogens (tertiary/aromatic N) is 4.